The smallest absolute Gasteiger partial charge is 0.147 e. The van der Waals surface area contributed by atoms with Crippen molar-refractivity contribution in [3.8, 4) is 0 Å². The Morgan fingerprint density at radius 2 is 0.917 bits per heavy atom. The fraction of sp³-hybridized carbons (Fsp3) is 0. The zero-order valence-corrected chi connectivity index (χ0v) is 12.9. The molecule has 0 aromatic heterocycles. The van der Waals surface area contributed by atoms with Gasteiger partial charge < -0.3 is 0 Å². The highest BCUT2D eigenvalue weighted by molar-refractivity contribution is 6.25. The summed E-state index contributed by atoms with van der Waals surface area (Å²) < 4.78 is 0. The molecule has 4 aromatic carbocycles. The average Bonchev–Trinajstić information content (AvgIpc) is 2.70. The third kappa shape index (κ3) is 2.57. The van der Waals surface area contributed by atoms with E-state index in [1.54, 1.807) is 6.08 Å². The molecule has 0 atom stereocenters. The van der Waals surface area contributed by atoms with Gasteiger partial charge in [-0.2, -0.15) is 4.99 Å². The molecule has 0 N–H and O–H groups in total. The van der Waals surface area contributed by atoms with Crippen LogP contribution in [0.15, 0.2) is 90.3 Å². The normalized spacial score (nSPS) is 12.5. The minimum Gasteiger partial charge on any atom is -0.275 e. The van der Waals surface area contributed by atoms with Gasteiger partial charge in [-0.1, -0.05) is 72.8 Å². The summed E-state index contributed by atoms with van der Waals surface area (Å²) in [7, 11) is 0. The first-order valence-corrected chi connectivity index (χ1v) is 7.74. The van der Waals surface area contributed by atoms with E-state index in [0.717, 1.165) is 0 Å². The molecule has 0 fully saturated rings. The molecule has 4 aromatic rings. The van der Waals surface area contributed by atoms with Gasteiger partial charge in [0.15, 0.2) is 0 Å². The van der Waals surface area contributed by atoms with Crippen LogP contribution in [-0.2, 0) is 9.88 Å². The standard InChI is InChI=1S/C18H12.C3H3NO2/c1-2-8-14-13(7-1)15-9-3-4-11-17(15)18-12-6-5-10-16(14)18;1-2-4-6-5-3-1/h1-12H;1-3H. The van der Waals surface area contributed by atoms with Gasteiger partial charge in [0.25, 0.3) is 0 Å². The Hall–Kier alpha value is -3.33. The first-order valence-electron chi connectivity index (χ1n) is 7.74. The molecule has 116 valence electrons. The molecule has 5 rings (SSSR count). The third-order valence-corrected chi connectivity index (χ3v) is 4.02. The maximum Gasteiger partial charge on any atom is 0.147 e. The highest BCUT2D eigenvalue weighted by Gasteiger charge is 2.06. The predicted molar refractivity (Wildman–Crippen MR) is 98.8 cm³/mol. The minimum absolute atomic E-state index is 1.34. The zero-order valence-electron chi connectivity index (χ0n) is 12.9. The monoisotopic (exact) mass is 313 g/mol. The SMILES string of the molecule is C1=COON=C1.c1ccc2c(c1)c1ccccc1c1ccccc21. The van der Waals surface area contributed by atoms with Crippen molar-refractivity contribution in [2.45, 2.75) is 0 Å². The fourth-order valence-corrected chi connectivity index (χ4v) is 3.04. The first kappa shape index (κ1) is 14.3. The van der Waals surface area contributed by atoms with Crippen LogP contribution >= 0.6 is 0 Å². The second kappa shape index (κ2) is 6.42. The van der Waals surface area contributed by atoms with E-state index >= 15 is 0 Å². The lowest BCUT2D eigenvalue weighted by Crippen LogP contribution is -1.82. The Balaban J connectivity index is 0.000000207. The Morgan fingerprint density at radius 1 is 0.542 bits per heavy atom. The van der Waals surface area contributed by atoms with E-state index in [0.29, 0.717) is 0 Å². The Bertz CT molecular complexity index is 834. The molecule has 3 heteroatoms. The maximum absolute atomic E-state index is 4.19. The van der Waals surface area contributed by atoms with Crippen LogP contribution in [-0.4, -0.2) is 6.21 Å². The quantitative estimate of drug-likeness (QED) is 0.313. The van der Waals surface area contributed by atoms with Crippen LogP contribution in [0, 0.1) is 0 Å². The van der Waals surface area contributed by atoms with Gasteiger partial charge in [0.2, 0.25) is 0 Å². The van der Waals surface area contributed by atoms with E-state index in [1.165, 1.54) is 44.8 Å². The number of hydrogen-bond acceptors (Lipinski definition) is 3. The first-order chi connectivity index (χ1) is 11.9. The van der Waals surface area contributed by atoms with Gasteiger partial charge in [0.1, 0.15) is 6.26 Å². The summed E-state index contributed by atoms with van der Waals surface area (Å²) in [6.45, 7) is 0. The van der Waals surface area contributed by atoms with Gasteiger partial charge in [-0.3, -0.25) is 4.89 Å². The molecule has 0 radical (unpaired) electrons. The summed E-state index contributed by atoms with van der Waals surface area (Å²) in [6.07, 6.45) is 4.51. The summed E-state index contributed by atoms with van der Waals surface area (Å²) >= 11 is 0. The zero-order chi connectivity index (χ0) is 16.2. The van der Waals surface area contributed by atoms with Gasteiger partial charge in [-0.15, -0.1) is 0 Å². The number of allylic oxidation sites excluding steroid dienone is 1. The largest absolute Gasteiger partial charge is 0.275 e. The second-order valence-electron chi connectivity index (χ2n) is 5.39. The highest BCUT2D eigenvalue weighted by Crippen LogP contribution is 2.34. The van der Waals surface area contributed by atoms with Crippen LogP contribution in [0.4, 0.5) is 0 Å². The van der Waals surface area contributed by atoms with Crippen molar-refractivity contribution in [3.63, 3.8) is 0 Å². The van der Waals surface area contributed by atoms with Crippen molar-refractivity contribution < 1.29 is 9.88 Å². The number of hydrogen-bond donors (Lipinski definition) is 0. The van der Waals surface area contributed by atoms with Crippen molar-refractivity contribution in [3.05, 3.63) is 85.1 Å². The van der Waals surface area contributed by atoms with Crippen LogP contribution in [0.2, 0.25) is 0 Å². The van der Waals surface area contributed by atoms with Crippen LogP contribution in [0.25, 0.3) is 32.3 Å². The number of oxime groups is 1. The molecule has 0 bridgehead atoms. The molecular formula is C21H15NO2. The molecule has 0 aliphatic carbocycles. The van der Waals surface area contributed by atoms with E-state index in [1.807, 2.05) is 0 Å². The highest BCUT2D eigenvalue weighted by atomic mass is 17.3. The Labute approximate surface area is 139 Å². The molecule has 0 spiro atoms. The van der Waals surface area contributed by atoms with Crippen LogP contribution in [0.3, 0.4) is 0 Å². The summed E-state index contributed by atoms with van der Waals surface area (Å²) in [5.41, 5.74) is 0. The van der Waals surface area contributed by atoms with E-state index in [9.17, 15) is 0 Å². The lowest BCUT2D eigenvalue weighted by molar-refractivity contribution is -0.251. The predicted octanol–water partition coefficient (Wildman–Crippen LogP) is 5.59. The van der Waals surface area contributed by atoms with E-state index < -0.39 is 0 Å². The number of benzene rings is 4. The minimum atomic E-state index is 1.34. The lowest BCUT2D eigenvalue weighted by atomic mass is 9.95. The number of nitrogens with zero attached hydrogens (tertiary/aromatic N) is 1. The molecule has 0 saturated carbocycles. The molecule has 24 heavy (non-hydrogen) atoms. The van der Waals surface area contributed by atoms with Crippen molar-refractivity contribution in [1.29, 1.82) is 0 Å². The average molecular weight is 313 g/mol. The lowest BCUT2D eigenvalue weighted by Gasteiger charge is -2.09. The van der Waals surface area contributed by atoms with Gasteiger partial charge in [0.05, 0.1) is 6.21 Å². The van der Waals surface area contributed by atoms with Crippen molar-refractivity contribution in [1.82, 2.24) is 0 Å². The molecule has 0 unspecified atom stereocenters. The van der Waals surface area contributed by atoms with Crippen molar-refractivity contribution >= 4 is 38.5 Å². The molecule has 1 aliphatic heterocycles. The fourth-order valence-electron chi connectivity index (χ4n) is 3.04. The van der Waals surface area contributed by atoms with Gasteiger partial charge >= 0.3 is 0 Å². The third-order valence-electron chi connectivity index (χ3n) is 4.02. The van der Waals surface area contributed by atoms with Gasteiger partial charge in [-0.05, 0) is 43.5 Å². The van der Waals surface area contributed by atoms with Crippen molar-refractivity contribution in [2.24, 2.45) is 5.16 Å². The number of fused-ring (bicyclic) bond motifs is 6. The Kier molecular flexibility index (Phi) is 3.82. The van der Waals surface area contributed by atoms with E-state index in [-0.39, 0.29) is 0 Å². The molecular weight excluding hydrogens is 298 g/mol. The van der Waals surface area contributed by atoms with Gasteiger partial charge in [-0.25, -0.2) is 0 Å². The topological polar surface area (TPSA) is 30.8 Å². The summed E-state index contributed by atoms with van der Waals surface area (Å²) in [6, 6.07) is 26.0. The summed E-state index contributed by atoms with van der Waals surface area (Å²) in [5, 5.41) is 11.3. The molecule has 0 saturated heterocycles. The summed E-state index contributed by atoms with van der Waals surface area (Å²) in [4.78, 5) is 8.24. The van der Waals surface area contributed by atoms with Crippen LogP contribution in [0.1, 0.15) is 0 Å². The Morgan fingerprint density at radius 3 is 1.08 bits per heavy atom. The molecule has 1 aliphatic rings. The van der Waals surface area contributed by atoms with Gasteiger partial charge in [0, 0.05) is 0 Å². The van der Waals surface area contributed by atoms with E-state index in [4.69, 9.17) is 0 Å². The molecule has 0 amide bonds. The van der Waals surface area contributed by atoms with E-state index in [2.05, 4.69) is 87.8 Å². The number of rotatable bonds is 0. The van der Waals surface area contributed by atoms with Crippen LogP contribution < -0.4 is 0 Å². The van der Waals surface area contributed by atoms with Crippen molar-refractivity contribution in [2.75, 3.05) is 0 Å². The van der Waals surface area contributed by atoms with Crippen LogP contribution in [0.5, 0.6) is 0 Å². The molecule has 1 heterocycles. The molecule has 3 nitrogen and oxygen atoms in total. The second-order valence-corrected chi connectivity index (χ2v) is 5.39. The summed E-state index contributed by atoms with van der Waals surface area (Å²) in [5.74, 6) is 0. The maximum atomic E-state index is 4.19.